The second-order valence-electron chi connectivity index (χ2n) is 12.4. The first-order valence-electron chi connectivity index (χ1n) is 14.8. The number of fused-ring (bicyclic) bond motifs is 2. The van der Waals surface area contributed by atoms with Crippen molar-refractivity contribution in [2.75, 3.05) is 11.9 Å². The largest absolute Gasteiger partial charge is 0.414 e. The Morgan fingerprint density at radius 2 is 1.50 bits per heavy atom. The third-order valence-electron chi connectivity index (χ3n) is 8.54. The maximum atomic E-state index is 12.9. The van der Waals surface area contributed by atoms with Crippen molar-refractivity contribution in [3.8, 4) is 0 Å². The van der Waals surface area contributed by atoms with Crippen LogP contribution >= 0.6 is 0 Å². The predicted octanol–water partition coefficient (Wildman–Crippen LogP) is 5.29. The lowest BCUT2D eigenvalue weighted by molar-refractivity contribution is -0.0549. The highest BCUT2D eigenvalue weighted by atomic mass is 28.5. The summed E-state index contributed by atoms with van der Waals surface area (Å²) in [7, 11) is -5.79. The summed E-state index contributed by atoms with van der Waals surface area (Å²) in [6, 6.07) is 8.92. The standard InChI is InChI=1S/C29H43N5O6Si2/c1-17(2)41(18(3)4)38-24-22(14-35)37-29(25(24)39-42(40-41,19(5)6)20(7)8)34-16-32-23-26(30-15-31-27(23)34)33-28(36)21-12-10-9-11-13-21/h9-13,15-20,22,24-25,29,35H,14H2,1-8H3,(H,30,31,33,36)/t22-,24-,25-,29-/m1/s1. The smallest absolute Gasteiger partial charge is 0.335 e. The number of amides is 1. The lowest BCUT2D eigenvalue weighted by atomic mass is 10.1. The molecule has 2 fully saturated rings. The van der Waals surface area contributed by atoms with Crippen LogP contribution in [0.2, 0.25) is 22.2 Å². The molecule has 5 rings (SSSR count). The first kappa shape index (κ1) is 30.9. The van der Waals surface area contributed by atoms with Gasteiger partial charge in [0, 0.05) is 5.56 Å². The van der Waals surface area contributed by atoms with E-state index in [1.165, 1.54) is 6.33 Å². The highest BCUT2D eigenvalue weighted by Crippen LogP contribution is 2.51. The summed E-state index contributed by atoms with van der Waals surface area (Å²) >= 11 is 0. The summed E-state index contributed by atoms with van der Waals surface area (Å²) < 4.78 is 29.9. The molecule has 13 heteroatoms. The zero-order chi connectivity index (χ0) is 30.4. The molecule has 0 saturated carbocycles. The molecular formula is C29H43N5O6Si2. The van der Waals surface area contributed by atoms with Crippen molar-refractivity contribution in [3.63, 3.8) is 0 Å². The molecule has 0 radical (unpaired) electrons. The average Bonchev–Trinajstić information content (AvgIpc) is 3.48. The first-order chi connectivity index (χ1) is 19.9. The Bertz CT molecular complexity index is 1390. The van der Waals surface area contributed by atoms with E-state index in [1.54, 1.807) is 35.2 Å². The van der Waals surface area contributed by atoms with Gasteiger partial charge in [-0.05, 0) is 34.3 Å². The molecule has 4 heterocycles. The molecule has 2 N–H and O–H groups in total. The number of nitrogens with zero attached hydrogens (tertiary/aromatic N) is 4. The quantitative estimate of drug-likeness (QED) is 0.325. The molecule has 2 aromatic heterocycles. The minimum atomic E-state index is -2.92. The number of imidazole rings is 1. The highest BCUT2D eigenvalue weighted by Gasteiger charge is 2.64. The Kier molecular flexibility index (Phi) is 8.74. The Labute approximate surface area is 249 Å². The van der Waals surface area contributed by atoms with Gasteiger partial charge >= 0.3 is 17.1 Å². The molecule has 0 aliphatic carbocycles. The number of carbonyl (C=O) groups excluding carboxylic acids is 1. The van der Waals surface area contributed by atoms with Crippen LogP contribution in [0.3, 0.4) is 0 Å². The number of anilines is 1. The number of aliphatic hydroxyl groups is 1. The Morgan fingerprint density at radius 3 is 2.07 bits per heavy atom. The summed E-state index contributed by atoms with van der Waals surface area (Å²) in [5.74, 6) is -0.00464. The van der Waals surface area contributed by atoms with Crippen molar-refractivity contribution in [2.24, 2.45) is 0 Å². The molecular weight excluding hydrogens is 571 g/mol. The monoisotopic (exact) mass is 613 g/mol. The van der Waals surface area contributed by atoms with Crippen molar-refractivity contribution in [2.45, 2.75) is 102 Å². The van der Waals surface area contributed by atoms with E-state index < -0.39 is 41.7 Å². The zero-order valence-corrected chi connectivity index (χ0v) is 27.6. The van der Waals surface area contributed by atoms with E-state index in [1.807, 2.05) is 6.07 Å². The lowest BCUT2D eigenvalue weighted by Crippen LogP contribution is -2.60. The number of benzene rings is 1. The number of nitrogens with one attached hydrogen (secondary N) is 1. The molecule has 0 unspecified atom stereocenters. The van der Waals surface area contributed by atoms with Crippen molar-refractivity contribution in [1.82, 2.24) is 19.5 Å². The first-order valence-corrected chi connectivity index (χ1v) is 18.7. The minimum Gasteiger partial charge on any atom is -0.414 e. The summed E-state index contributed by atoms with van der Waals surface area (Å²) in [6.07, 6.45) is 0.578. The van der Waals surface area contributed by atoms with Crippen LogP contribution < -0.4 is 5.32 Å². The third-order valence-corrected chi connectivity index (χ3v) is 18.8. The van der Waals surface area contributed by atoms with Crippen molar-refractivity contribution in [3.05, 3.63) is 48.5 Å². The third kappa shape index (κ3) is 5.14. The second-order valence-corrected chi connectivity index (χ2v) is 21.2. The van der Waals surface area contributed by atoms with Gasteiger partial charge in [-0.15, -0.1) is 0 Å². The summed E-state index contributed by atoms with van der Waals surface area (Å²) in [5, 5.41) is 13.4. The van der Waals surface area contributed by atoms with Gasteiger partial charge in [-0.1, -0.05) is 73.6 Å². The molecule has 2 aliphatic heterocycles. The van der Waals surface area contributed by atoms with Crippen LogP contribution in [0.4, 0.5) is 5.82 Å². The summed E-state index contributed by atoms with van der Waals surface area (Å²) in [4.78, 5) is 26.3. The molecule has 2 saturated heterocycles. The molecule has 42 heavy (non-hydrogen) atoms. The predicted molar refractivity (Wildman–Crippen MR) is 163 cm³/mol. The van der Waals surface area contributed by atoms with E-state index in [9.17, 15) is 9.90 Å². The van der Waals surface area contributed by atoms with Gasteiger partial charge in [0.25, 0.3) is 5.91 Å². The zero-order valence-electron chi connectivity index (χ0n) is 25.6. The van der Waals surface area contributed by atoms with Gasteiger partial charge in [-0.3, -0.25) is 9.36 Å². The molecule has 228 valence electrons. The maximum absolute atomic E-state index is 12.9. The number of rotatable bonds is 8. The molecule has 0 bridgehead atoms. The van der Waals surface area contributed by atoms with E-state index >= 15 is 0 Å². The number of aliphatic hydroxyl groups excluding tert-OH is 1. The molecule has 4 atom stereocenters. The van der Waals surface area contributed by atoms with Crippen LogP contribution in [0, 0.1) is 0 Å². The summed E-state index contributed by atoms with van der Waals surface area (Å²) in [5.41, 5.74) is 1.98. The number of aromatic nitrogens is 4. The molecule has 2 aliphatic rings. The van der Waals surface area contributed by atoms with Gasteiger partial charge < -0.3 is 28.1 Å². The van der Waals surface area contributed by atoms with Gasteiger partial charge in [0.2, 0.25) is 0 Å². The van der Waals surface area contributed by atoms with Gasteiger partial charge in [-0.2, -0.15) is 0 Å². The molecule has 11 nitrogen and oxygen atoms in total. The summed E-state index contributed by atoms with van der Waals surface area (Å²) in [6.45, 7) is 17.1. The second kappa shape index (κ2) is 11.9. The molecule has 0 spiro atoms. The number of hydrogen-bond acceptors (Lipinski definition) is 9. The lowest BCUT2D eigenvalue weighted by Gasteiger charge is -2.46. The van der Waals surface area contributed by atoms with Crippen LogP contribution in [0.1, 0.15) is 72.0 Å². The van der Waals surface area contributed by atoms with Crippen molar-refractivity contribution >= 4 is 40.0 Å². The van der Waals surface area contributed by atoms with Crippen LogP contribution in [-0.2, 0) is 17.7 Å². The van der Waals surface area contributed by atoms with Gasteiger partial charge in [0.05, 0.1) is 12.9 Å². The van der Waals surface area contributed by atoms with Crippen molar-refractivity contribution in [1.29, 1.82) is 0 Å². The number of carbonyl (C=O) groups is 1. The Hall–Kier alpha value is -2.53. The average molecular weight is 614 g/mol. The van der Waals surface area contributed by atoms with Gasteiger partial charge in [-0.25, -0.2) is 15.0 Å². The fourth-order valence-electron chi connectivity index (χ4n) is 6.32. The van der Waals surface area contributed by atoms with Crippen LogP contribution in [0.15, 0.2) is 43.0 Å². The van der Waals surface area contributed by atoms with E-state index in [0.29, 0.717) is 22.5 Å². The van der Waals surface area contributed by atoms with Crippen molar-refractivity contribution < 1.29 is 27.6 Å². The topological polar surface area (TPSA) is 130 Å². The molecule has 1 aromatic carbocycles. The number of ether oxygens (including phenoxy) is 1. The van der Waals surface area contributed by atoms with Crippen LogP contribution in [0.25, 0.3) is 11.2 Å². The highest BCUT2D eigenvalue weighted by molar-refractivity contribution is 6.84. The minimum absolute atomic E-state index is 0.139. The number of hydrogen-bond donors (Lipinski definition) is 2. The van der Waals surface area contributed by atoms with E-state index in [-0.39, 0.29) is 34.7 Å². The van der Waals surface area contributed by atoms with E-state index in [0.717, 1.165) is 0 Å². The normalized spacial score (nSPS) is 25.4. The SMILES string of the molecule is CC(C)[Si]1(C(C)C)O[C@@H]2[C@H](O[Si](C(C)C)(C(C)C)O1)[C@@H](CO)O[C@H]2n1cnc2c(NC(=O)c3ccccc3)ncnc21. The maximum Gasteiger partial charge on any atom is 0.335 e. The molecule has 1 amide bonds. The van der Waals surface area contributed by atoms with Gasteiger partial charge in [0.1, 0.15) is 24.6 Å². The Morgan fingerprint density at radius 1 is 0.905 bits per heavy atom. The fourth-order valence-corrected chi connectivity index (χ4v) is 17.6. The fraction of sp³-hybridized carbons (Fsp3) is 0.586. The van der Waals surface area contributed by atoms with Crippen LogP contribution in [0.5, 0.6) is 0 Å². The van der Waals surface area contributed by atoms with Crippen LogP contribution in [-0.4, -0.2) is 72.6 Å². The van der Waals surface area contributed by atoms with Gasteiger partial charge in [0.15, 0.2) is 23.2 Å². The van der Waals surface area contributed by atoms with E-state index in [4.69, 9.17) is 17.7 Å². The van der Waals surface area contributed by atoms with E-state index in [2.05, 4.69) is 75.7 Å². The molecule has 3 aromatic rings. The Balaban J connectivity index is 1.58.